The normalized spacial score (nSPS) is 19.7. The van der Waals surface area contributed by atoms with E-state index >= 15 is 0 Å². The number of nitrogens with zero attached hydrogens (tertiary/aromatic N) is 2. The fourth-order valence-electron chi connectivity index (χ4n) is 2.43. The number of hydrogen-bond acceptors (Lipinski definition) is 3. The van der Waals surface area contributed by atoms with Crippen LogP contribution in [0.3, 0.4) is 0 Å². The van der Waals surface area contributed by atoms with Crippen molar-refractivity contribution >= 4 is 17.5 Å². The van der Waals surface area contributed by atoms with Gasteiger partial charge < -0.3 is 9.64 Å². The molecule has 0 spiro atoms. The van der Waals surface area contributed by atoms with E-state index in [9.17, 15) is 4.79 Å². The standard InChI is InChI=1S/C16H23ClN2O2/c1-5-12-10-21-7-6-19(12)15(20)11-8-13(16(2,3)4)18-14(17)9-11/h8-9,12H,5-7,10H2,1-4H3. The highest BCUT2D eigenvalue weighted by Crippen LogP contribution is 2.25. The molecular formula is C16H23ClN2O2. The molecule has 0 aliphatic carbocycles. The summed E-state index contributed by atoms with van der Waals surface area (Å²) < 4.78 is 5.46. The van der Waals surface area contributed by atoms with Crippen LogP contribution >= 0.6 is 11.6 Å². The van der Waals surface area contributed by atoms with Crippen LogP contribution in [0.5, 0.6) is 0 Å². The van der Waals surface area contributed by atoms with Crippen molar-refractivity contribution in [1.29, 1.82) is 0 Å². The van der Waals surface area contributed by atoms with Gasteiger partial charge in [0.2, 0.25) is 0 Å². The van der Waals surface area contributed by atoms with Gasteiger partial charge in [0, 0.05) is 23.2 Å². The van der Waals surface area contributed by atoms with Crippen LogP contribution in [0.1, 0.15) is 50.2 Å². The molecule has 2 rings (SSSR count). The van der Waals surface area contributed by atoms with Gasteiger partial charge >= 0.3 is 0 Å². The number of halogens is 1. The van der Waals surface area contributed by atoms with Crippen LogP contribution in [0.25, 0.3) is 0 Å². The molecule has 1 aliphatic rings. The predicted octanol–water partition coefficient (Wildman–Crippen LogP) is 3.28. The molecule has 0 N–H and O–H groups in total. The summed E-state index contributed by atoms with van der Waals surface area (Å²) in [7, 11) is 0. The zero-order valence-corrected chi connectivity index (χ0v) is 13.9. The molecule has 1 fully saturated rings. The first-order valence-electron chi connectivity index (χ1n) is 7.39. The molecule has 2 heterocycles. The highest BCUT2D eigenvalue weighted by molar-refractivity contribution is 6.29. The maximum absolute atomic E-state index is 12.8. The number of carbonyl (C=O) groups excluding carboxylic acids is 1. The molecular weight excluding hydrogens is 288 g/mol. The van der Waals surface area contributed by atoms with Crippen LogP contribution < -0.4 is 0 Å². The number of rotatable bonds is 2. The first-order chi connectivity index (χ1) is 9.82. The summed E-state index contributed by atoms with van der Waals surface area (Å²) in [4.78, 5) is 19.0. The summed E-state index contributed by atoms with van der Waals surface area (Å²) in [5, 5.41) is 0.368. The number of amides is 1. The van der Waals surface area contributed by atoms with Gasteiger partial charge in [-0.05, 0) is 18.6 Å². The Morgan fingerprint density at radius 1 is 1.48 bits per heavy atom. The van der Waals surface area contributed by atoms with Gasteiger partial charge in [-0.25, -0.2) is 4.98 Å². The number of pyridine rings is 1. The number of aromatic nitrogens is 1. The van der Waals surface area contributed by atoms with E-state index in [0.29, 0.717) is 30.5 Å². The summed E-state index contributed by atoms with van der Waals surface area (Å²) >= 11 is 6.10. The fourth-order valence-corrected chi connectivity index (χ4v) is 2.64. The Bertz CT molecular complexity index is 525. The monoisotopic (exact) mass is 310 g/mol. The van der Waals surface area contributed by atoms with Gasteiger partial charge in [0.05, 0.1) is 19.3 Å². The molecule has 0 aromatic carbocycles. The minimum atomic E-state index is -0.144. The van der Waals surface area contributed by atoms with E-state index in [1.54, 1.807) is 6.07 Å². The second-order valence-electron chi connectivity index (χ2n) is 6.45. The highest BCUT2D eigenvalue weighted by Gasteiger charge is 2.28. The van der Waals surface area contributed by atoms with Crippen molar-refractivity contribution in [3.05, 3.63) is 28.5 Å². The number of ether oxygens (including phenoxy) is 1. The van der Waals surface area contributed by atoms with E-state index in [1.165, 1.54) is 0 Å². The van der Waals surface area contributed by atoms with Crippen molar-refractivity contribution in [3.63, 3.8) is 0 Å². The van der Waals surface area contributed by atoms with Crippen LogP contribution in [0.15, 0.2) is 12.1 Å². The Morgan fingerprint density at radius 2 is 2.19 bits per heavy atom. The van der Waals surface area contributed by atoms with Crippen LogP contribution in [-0.2, 0) is 10.2 Å². The lowest BCUT2D eigenvalue weighted by Gasteiger charge is -2.35. The van der Waals surface area contributed by atoms with Gasteiger partial charge in [-0.1, -0.05) is 39.3 Å². The lowest BCUT2D eigenvalue weighted by molar-refractivity contribution is -0.00281. The first-order valence-corrected chi connectivity index (χ1v) is 7.77. The molecule has 1 aromatic rings. The Kier molecular flexibility index (Phi) is 4.89. The van der Waals surface area contributed by atoms with Gasteiger partial charge in [0.25, 0.3) is 5.91 Å². The zero-order chi connectivity index (χ0) is 15.6. The Morgan fingerprint density at radius 3 is 2.81 bits per heavy atom. The molecule has 1 amide bonds. The second-order valence-corrected chi connectivity index (χ2v) is 6.84. The van der Waals surface area contributed by atoms with Crippen LogP contribution in [0, 0.1) is 0 Å². The average Bonchev–Trinajstić information content (AvgIpc) is 2.45. The van der Waals surface area contributed by atoms with Crippen molar-refractivity contribution in [1.82, 2.24) is 9.88 Å². The topological polar surface area (TPSA) is 42.4 Å². The van der Waals surface area contributed by atoms with Gasteiger partial charge in [0.15, 0.2) is 0 Å². The average molecular weight is 311 g/mol. The molecule has 5 heteroatoms. The molecule has 116 valence electrons. The van der Waals surface area contributed by atoms with Crippen molar-refractivity contribution in [2.24, 2.45) is 0 Å². The summed E-state index contributed by atoms with van der Waals surface area (Å²) in [6.45, 7) is 10.1. The largest absolute Gasteiger partial charge is 0.377 e. The van der Waals surface area contributed by atoms with Crippen molar-refractivity contribution in [3.8, 4) is 0 Å². The third kappa shape index (κ3) is 3.74. The maximum Gasteiger partial charge on any atom is 0.254 e. The van der Waals surface area contributed by atoms with Crippen LogP contribution in [0.4, 0.5) is 0 Å². The molecule has 1 saturated heterocycles. The first kappa shape index (κ1) is 16.2. The third-order valence-corrected chi connectivity index (χ3v) is 3.96. The van der Waals surface area contributed by atoms with E-state index in [1.807, 2.05) is 11.0 Å². The van der Waals surface area contributed by atoms with Crippen LogP contribution in [-0.4, -0.2) is 41.6 Å². The van der Waals surface area contributed by atoms with Gasteiger partial charge in [-0.3, -0.25) is 4.79 Å². The lowest BCUT2D eigenvalue weighted by atomic mass is 9.90. The summed E-state index contributed by atoms with van der Waals surface area (Å²) in [6, 6.07) is 3.65. The van der Waals surface area contributed by atoms with Crippen molar-refractivity contribution in [2.75, 3.05) is 19.8 Å². The zero-order valence-electron chi connectivity index (χ0n) is 13.1. The Labute approximate surface area is 131 Å². The van der Waals surface area contributed by atoms with Gasteiger partial charge in [0.1, 0.15) is 5.15 Å². The van der Waals surface area contributed by atoms with E-state index in [-0.39, 0.29) is 17.4 Å². The molecule has 1 atom stereocenters. The Hall–Kier alpha value is -1.13. The third-order valence-electron chi connectivity index (χ3n) is 3.77. The van der Waals surface area contributed by atoms with E-state index in [4.69, 9.17) is 16.3 Å². The maximum atomic E-state index is 12.8. The molecule has 0 bridgehead atoms. The molecule has 0 saturated carbocycles. The number of hydrogen-bond donors (Lipinski definition) is 0. The highest BCUT2D eigenvalue weighted by atomic mass is 35.5. The molecule has 1 aliphatic heterocycles. The number of carbonyl (C=O) groups is 1. The summed E-state index contributed by atoms with van der Waals surface area (Å²) in [5.41, 5.74) is 1.30. The van der Waals surface area contributed by atoms with Gasteiger partial charge in [-0.15, -0.1) is 0 Å². The quantitative estimate of drug-likeness (QED) is 0.787. The molecule has 21 heavy (non-hydrogen) atoms. The molecule has 1 unspecified atom stereocenters. The van der Waals surface area contributed by atoms with E-state index in [0.717, 1.165) is 12.1 Å². The minimum absolute atomic E-state index is 0.0138. The number of morpholine rings is 1. The van der Waals surface area contributed by atoms with E-state index in [2.05, 4.69) is 32.7 Å². The van der Waals surface area contributed by atoms with Gasteiger partial charge in [-0.2, -0.15) is 0 Å². The predicted molar refractivity (Wildman–Crippen MR) is 83.9 cm³/mol. The minimum Gasteiger partial charge on any atom is -0.377 e. The summed E-state index contributed by atoms with van der Waals surface area (Å²) in [5.74, 6) is 0.0138. The molecule has 4 nitrogen and oxygen atoms in total. The smallest absolute Gasteiger partial charge is 0.254 e. The summed E-state index contributed by atoms with van der Waals surface area (Å²) in [6.07, 6.45) is 0.886. The lowest BCUT2D eigenvalue weighted by Crippen LogP contribution is -2.48. The van der Waals surface area contributed by atoms with Crippen molar-refractivity contribution < 1.29 is 9.53 Å². The van der Waals surface area contributed by atoms with E-state index < -0.39 is 0 Å². The second kappa shape index (κ2) is 6.32. The van der Waals surface area contributed by atoms with Crippen molar-refractivity contribution in [2.45, 2.75) is 45.6 Å². The Balaban J connectivity index is 2.32. The van der Waals surface area contributed by atoms with Crippen LogP contribution in [0.2, 0.25) is 5.15 Å². The fraction of sp³-hybridized carbons (Fsp3) is 0.625. The molecule has 0 radical (unpaired) electrons. The SMILES string of the molecule is CCC1COCCN1C(=O)c1cc(Cl)nc(C(C)(C)C)c1. The molecule has 1 aromatic heterocycles.